The summed E-state index contributed by atoms with van der Waals surface area (Å²) in [6, 6.07) is 0. The zero-order valence-corrected chi connectivity index (χ0v) is 9.94. The van der Waals surface area contributed by atoms with Gasteiger partial charge in [0.1, 0.15) is 0 Å². The van der Waals surface area contributed by atoms with E-state index in [1.165, 1.54) is 6.42 Å². The van der Waals surface area contributed by atoms with Crippen molar-refractivity contribution in [3.63, 3.8) is 0 Å². The maximum Gasteiger partial charge on any atom is 0.0690 e. The van der Waals surface area contributed by atoms with Gasteiger partial charge < -0.3 is 10.5 Å². The maximum absolute atomic E-state index is 11.7. The first-order chi connectivity index (χ1) is 6.47. The highest BCUT2D eigenvalue weighted by atomic mass is 32.2. The first-order valence-electron chi connectivity index (χ1n) is 5.23. The summed E-state index contributed by atoms with van der Waals surface area (Å²) in [4.78, 5) is 0. The van der Waals surface area contributed by atoms with Crippen molar-refractivity contribution >= 4 is 10.8 Å². The molecule has 1 fully saturated rings. The standard InChI is InChI=1S/C10H21NO2S/c1-10(2,11)8-14(12)7-9-5-3-4-6-13-9/h9H,3-8,11H2,1-2H3. The van der Waals surface area contributed by atoms with Crippen LogP contribution in [0.15, 0.2) is 0 Å². The highest BCUT2D eigenvalue weighted by Crippen LogP contribution is 2.14. The number of hydrogen-bond donors (Lipinski definition) is 1. The van der Waals surface area contributed by atoms with E-state index in [-0.39, 0.29) is 11.6 Å². The fourth-order valence-electron chi connectivity index (χ4n) is 1.62. The third kappa shape index (κ3) is 5.08. The molecule has 0 aliphatic carbocycles. The van der Waals surface area contributed by atoms with Crippen molar-refractivity contribution in [1.29, 1.82) is 0 Å². The van der Waals surface area contributed by atoms with E-state index in [0.29, 0.717) is 11.5 Å². The summed E-state index contributed by atoms with van der Waals surface area (Å²) in [5.74, 6) is 1.22. The number of hydrogen-bond acceptors (Lipinski definition) is 3. The molecular formula is C10H21NO2S. The van der Waals surface area contributed by atoms with Gasteiger partial charge in [0.25, 0.3) is 0 Å². The molecule has 14 heavy (non-hydrogen) atoms. The van der Waals surface area contributed by atoms with Gasteiger partial charge in [0.2, 0.25) is 0 Å². The monoisotopic (exact) mass is 219 g/mol. The van der Waals surface area contributed by atoms with Gasteiger partial charge in [0, 0.05) is 34.5 Å². The van der Waals surface area contributed by atoms with Gasteiger partial charge in [0.05, 0.1) is 6.10 Å². The molecule has 2 atom stereocenters. The van der Waals surface area contributed by atoms with Gasteiger partial charge in [-0.1, -0.05) is 0 Å². The molecule has 0 amide bonds. The molecule has 2 N–H and O–H groups in total. The van der Waals surface area contributed by atoms with Crippen LogP contribution >= 0.6 is 0 Å². The SMILES string of the molecule is CC(C)(N)CS(=O)CC1CCCCO1. The summed E-state index contributed by atoms with van der Waals surface area (Å²) in [6.45, 7) is 4.65. The minimum atomic E-state index is -0.837. The first kappa shape index (κ1) is 12.1. The lowest BCUT2D eigenvalue weighted by Gasteiger charge is -2.24. The molecule has 3 nitrogen and oxygen atoms in total. The van der Waals surface area contributed by atoms with E-state index in [0.717, 1.165) is 19.4 Å². The van der Waals surface area contributed by atoms with Crippen molar-refractivity contribution in [3.05, 3.63) is 0 Å². The lowest BCUT2D eigenvalue weighted by molar-refractivity contribution is 0.0310. The summed E-state index contributed by atoms with van der Waals surface area (Å²) in [6.07, 6.45) is 3.60. The molecule has 1 aliphatic rings. The van der Waals surface area contributed by atoms with Crippen LogP contribution in [0.3, 0.4) is 0 Å². The van der Waals surface area contributed by atoms with Gasteiger partial charge >= 0.3 is 0 Å². The molecule has 0 aromatic carbocycles. The lowest BCUT2D eigenvalue weighted by Crippen LogP contribution is -2.40. The molecule has 1 aliphatic heterocycles. The van der Waals surface area contributed by atoms with Crippen molar-refractivity contribution in [2.75, 3.05) is 18.1 Å². The second kappa shape index (κ2) is 5.24. The van der Waals surface area contributed by atoms with E-state index < -0.39 is 10.8 Å². The Bertz CT molecular complexity index is 195. The Morgan fingerprint density at radius 3 is 2.71 bits per heavy atom. The fourth-order valence-corrected chi connectivity index (χ4v) is 3.25. The Balaban J connectivity index is 2.25. The van der Waals surface area contributed by atoms with E-state index in [9.17, 15) is 4.21 Å². The third-order valence-corrected chi connectivity index (χ3v) is 3.99. The molecule has 0 aromatic heterocycles. The van der Waals surface area contributed by atoms with Gasteiger partial charge in [0.15, 0.2) is 0 Å². The van der Waals surface area contributed by atoms with Gasteiger partial charge in [-0.05, 0) is 33.1 Å². The van der Waals surface area contributed by atoms with Crippen LogP contribution < -0.4 is 5.73 Å². The van der Waals surface area contributed by atoms with Crippen molar-refractivity contribution in [3.8, 4) is 0 Å². The summed E-state index contributed by atoms with van der Waals surface area (Å²) < 4.78 is 17.2. The minimum absolute atomic E-state index is 0.201. The molecule has 1 rings (SSSR count). The van der Waals surface area contributed by atoms with Crippen LogP contribution in [-0.4, -0.2) is 34.0 Å². The van der Waals surface area contributed by atoms with Crippen LogP contribution in [0.5, 0.6) is 0 Å². The zero-order chi connectivity index (χ0) is 10.6. The molecule has 0 spiro atoms. The topological polar surface area (TPSA) is 52.3 Å². The highest BCUT2D eigenvalue weighted by molar-refractivity contribution is 7.85. The minimum Gasteiger partial charge on any atom is -0.377 e. The van der Waals surface area contributed by atoms with Crippen LogP contribution in [0.25, 0.3) is 0 Å². The van der Waals surface area contributed by atoms with Gasteiger partial charge in [-0.15, -0.1) is 0 Å². The second-order valence-corrected chi connectivity index (χ2v) is 6.23. The average Bonchev–Trinajstić information content (AvgIpc) is 2.02. The molecule has 4 heteroatoms. The number of rotatable bonds is 4. The van der Waals surface area contributed by atoms with Crippen LogP contribution in [0, 0.1) is 0 Å². The summed E-state index contributed by atoms with van der Waals surface area (Å²) in [7, 11) is -0.837. The Hall–Kier alpha value is 0.0700. The summed E-state index contributed by atoms with van der Waals surface area (Å²) in [5, 5.41) is 0. The maximum atomic E-state index is 11.7. The molecule has 0 aromatic rings. The smallest absolute Gasteiger partial charge is 0.0690 e. The van der Waals surface area contributed by atoms with Gasteiger partial charge in [-0.2, -0.15) is 0 Å². The predicted octanol–water partition coefficient (Wildman–Crippen LogP) is 1.04. The Kier molecular flexibility index (Phi) is 4.54. The van der Waals surface area contributed by atoms with E-state index in [1.807, 2.05) is 13.8 Å². The molecule has 0 radical (unpaired) electrons. The lowest BCUT2D eigenvalue weighted by atomic mass is 10.1. The summed E-state index contributed by atoms with van der Waals surface area (Å²) in [5.41, 5.74) is 5.47. The number of ether oxygens (including phenoxy) is 1. The van der Waals surface area contributed by atoms with Crippen LogP contribution in [0.1, 0.15) is 33.1 Å². The number of nitrogens with two attached hydrogens (primary N) is 1. The Morgan fingerprint density at radius 2 is 2.21 bits per heavy atom. The normalized spacial score (nSPS) is 26.1. The zero-order valence-electron chi connectivity index (χ0n) is 9.12. The van der Waals surface area contributed by atoms with Crippen LogP contribution in [0.2, 0.25) is 0 Å². The molecule has 1 heterocycles. The van der Waals surface area contributed by atoms with Gasteiger partial charge in [-0.25, -0.2) is 0 Å². The highest BCUT2D eigenvalue weighted by Gasteiger charge is 2.20. The molecule has 0 saturated carbocycles. The van der Waals surface area contributed by atoms with Gasteiger partial charge in [-0.3, -0.25) is 4.21 Å². The molecule has 1 saturated heterocycles. The summed E-state index contributed by atoms with van der Waals surface area (Å²) >= 11 is 0. The van der Waals surface area contributed by atoms with E-state index in [2.05, 4.69) is 0 Å². The first-order valence-corrected chi connectivity index (χ1v) is 6.72. The predicted molar refractivity (Wildman–Crippen MR) is 59.7 cm³/mol. The Labute approximate surface area is 88.8 Å². The average molecular weight is 219 g/mol. The second-order valence-electron chi connectivity index (χ2n) is 4.73. The van der Waals surface area contributed by atoms with Crippen molar-refractivity contribution in [1.82, 2.24) is 0 Å². The molecular weight excluding hydrogens is 198 g/mol. The van der Waals surface area contributed by atoms with Crippen molar-refractivity contribution in [2.45, 2.75) is 44.8 Å². The fraction of sp³-hybridized carbons (Fsp3) is 1.00. The quantitative estimate of drug-likeness (QED) is 0.768. The van der Waals surface area contributed by atoms with Crippen LogP contribution in [0.4, 0.5) is 0 Å². The van der Waals surface area contributed by atoms with E-state index in [4.69, 9.17) is 10.5 Å². The largest absolute Gasteiger partial charge is 0.377 e. The Morgan fingerprint density at radius 1 is 1.50 bits per heavy atom. The van der Waals surface area contributed by atoms with Crippen molar-refractivity contribution < 1.29 is 8.95 Å². The molecule has 84 valence electrons. The van der Waals surface area contributed by atoms with E-state index >= 15 is 0 Å². The third-order valence-electron chi connectivity index (χ3n) is 2.18. The molecule has 0 bridgehead atoms. The van der Waals surface area contributed by atoms with Crippen LogP contribution in [-0.2, 0) is 15.5 Å². The molecule has 2 unspecified atom stereocenters. The van der Waals surface area contributed by atoms with Crippen molar-refractivity contribution in [2.24, 2.45) is 5.73 Å². The van der Waals surface area contributed by atoms with E-state index in [1.54, 1.807) is 0 Å².